The zero-order valence-electron chi connectivity index (χ0n) is 20.6. The lowest BCUT2D eigenvalue weighted by Gasteiger charge is -2.17. The summed E-state index contributed by atoms with van der Waals surface area (Å²) in [4.78, 5) is 21.1. The van der Waals surface area contributed by atoms with Gasteiger partial charge in [0, 0.05) is 35.4 Å². The number of anilines is 1. The number of carbonyl (C=O) groups is 1. The average molecular weight is 492 g/mol. The monoisotopic (exact) mass is 491 g/mol. The van der Waals surface area contributed by atoms with E-state index in [1.807, 2.05) is 36.5 Å². The van der Waals surface area contributed by atoms with Crippen molar-refractivity contribution in [2.45, 2.75) is 44.6 Å². The van der Waals surface area contributed by atoms with Gasteiger partial charge in [0.25, 0.3) is 0 Å². The van der Waals surface area contributed by atoms with E-state index in [2.05, 4.69) is 40.6 Å². The molecule has 0 unspecified atom stereocenters. The van der Waals surface area contributed by atoms with E-state index in [9.17, 15) is 9.90 Å². The third-order valence-corrected chi connectivity index (χ3v) is 7.12. The number of pyridine rings is 2. The van der Waals surface area contributed by atoms with Gasteiger partial charge in [0.2, 0.25) is 0 Å². The van der Waals surface area contributed by atoms with E-state index in [4.69, 9.17) is 10.1 Å². The van der Waals surface area contributed by atoms with Crippen LogP contribution in [0.2, 0.25) is 0 Å². The average Bonchev–Trinajstić information content (AvgIpc) is 3.34. The van der Waals surface area contributed by atoms with E-state index in [-0.39, 0.29) is 6.42 Å². The summed E-state index contributed by atoms with van der Waals surface area (Å²) in [5.74, 6) is 0.178. The number of aryl methyl sites for hydroxylation is 3. The first-order valence-corrected chi connectivity index (χ1v) is 12.9. The molecule has 6 rings (SSSR count). The highest BCUT2D eigenvalue weighted by molar-refractivity contribution is 5.80. The van der Waals surface area contributed by atoms with Gasteiger partial charge in [-0.15, -0.1) is 0 Å². The lowest BCUT2D eigenvalue weighted by Crippen LogP contribution is -2.16. The molecule has 7 heteroatoms. The van der Waals surface area contributed by atoms with E-state index in [1.54, 1.807) is 10.9 Å². The van der Waals surface area contributed by atoms with E-state index < -0.39 is 12.0 Å². The van der Waals surface area contributed by atoms with E-state index in [0.29, 0.717) is 0 Å². The topological polar surface area (TPSA) is 92.9 Å². The molecule has 0 saturated carbocycles. The molecule has 0 spiro atoms. The minimum atomic E-state index is -0.871. The number of nitrogens with one attached hydrogen (secondary N) is 1. The Morgan fingerprint density at radius 2 is 1.95 bits per heavy atom. The Bertz CT molecular complexity index is 1590. The van der Waals surface area contributed by atoms with Crippen molar-refractivity contribution in [2.75, 3.05) is 11.9 Å². The number of rotatable bonds is 8. The lowest BCUT2D eigenvalue weighted by molar-refractivity contribution is -0.137. The van der Waals surface area contributed by atoms with Crippen LogP contribution < -0.4 is 5.32 Å². The van der Waals surface area contributed by atoms with Crippen LogP contribution in [0.25, 0.3) is 21.8 Å². The third kappa shape index (κ3) is 5.03. The van der Waals surface area contributed by atoms with Crippen LogP contribution >= 0.6 is 0 Å². The van der Waals surface area contributed by atoms with Crippen molar-refractivity contribution in [3.63, 3.8) is 0 Å². The third-order valence-electron chi connectivity index (χ3n) is 7.12. The van der Waals surface area contributed by atoms with Crippen molar-refractivity contribution in [3.8, 4) is 0 Å². The Morgan fingerprint density at radius 1 is 1.03 bits per heavy atom. The second-order valence-corrected chi connectivity index (χ2v) is 9.77. The van der Waals surface area contributed by atoms with Gasteiger partial charge in [0.05, 0.1) is 23.5 Å². The lowest BCUT2D eigenvalue weighted by atomic mass is 10.0. The molecule has 0 saturated heterocycles. The summed E-state index contributed by atoms with van der Waals surface area (Å²) in [6, 6.07) is 20.1. The summed E-state index contributed by atoms with van der Waals surface area (Å²) in [7, 11) is 0. The van der Waals surface area contributed by atoms with Gasteiger partial charge >= 0.3 is 5.97 Å². The fourth-order valence-corrected chi connectivity index (χ4v) is 5.18. The first kappa shape index (κ1) is 23.2. The Kier molecular flexibility index (Phi) is 6.26. The summed E-state index contributed by atoms with van der Waals surface area (Å²) >= 11 is 0. The van der Waals surface area contributed by atoms with Crippen LogP contribution in [0.3, 0.4) is 0 Å². The quantitative estimate of drug-likeness (QED) is 0.294. The first-order chi connectivity index (χ1) is 18.1. The van der Waals surface area contributed by atoms with Gasteiger partial charge in [-0.1, -0.05) is 36.4 Å². The summed E-state index contributed by atoms with van der Waals surface area (Å²) in [5.41, 5.74) is 6.25. The minimum Gasteiger partial charge on any atom is -0.481 e. The van der Waals surface area contributed by atoms with Gasteiger partial charge in [-0.05, 0) is 73.1 Å². The molecule has 1 atom stereocenters. The molecule has 0 fully saturated rings. The Morgan fingerprint density at radius 3 is 2.86 bits per heavy atom. The van der Waals surface area contributed by atoms with E-state index in [1.165, 1.54) is 17.5 Å². The van der Waals surface area contributed by atoms with E-state index in [0.717, 1.165) is 71.1 Å². The molecule has 7 nitrogen and oxygen atoms in total. The first-order valence-electron chi connectivity index (χ1n) is 12.9. The van der Waals surface area contributed by atoms with Crippen molar-refractivity contribution in [1.29, 1.82) is 0 Å². The number of hydrogen-bond acceptors (Lipinski definition) is 5. The van der Waals surface area contributed by atoms with Gasteiger partial charge in [-0.25, -0.2) is 4.98 Å². The largest absolute Gasteiger partial charge is 0.481 e. The van der Waals surface area contributed by atoms with Crippen LogP contribution in [-0.4, -0.2) is 37.4 Å². The Hall–Kier alpha value is -4.26. The van der Waals surface area contributed by atoms with Crippen LogP contribution in [0, 0.1) is 0 Å². The highest BCUT2D eigenvalue weighted by Crippen LogP contribution is 2.27. The van der Waals surface area contributed by atoms with Crippen molar-refractivity contribution in [3.05, 3.63) is 95.4 Å². The number of benzene rings is 2. The maximum Gasteiger partial charge on any atom is 0.305 e. The number of carboxylic acids is 1. The van der Waals surface area contributed by atoms with Crippen molar-refractivity contribution >= 4 is 33.6 Å². The Balaban J connectivity index is 1.20. The van der Waals surface area contributed by atoms with Gasteiger partial charge in [0.15, 0.2) is 0 Å². The number of nitrogens with zero attached hydrogens (tertiary/aromatic N) is 4. The van der Waals surface area contributed by atoms with E-state index >= 15 is 0 Å². The smallest absolute Gasteiger partial charge is 0.305 e. The standard InChI is InChI=1S/C30H29N5O2/c36-29(37)17-28(24-16-22-6-1-2-9-26(22)32-18-24)35-19-23-11-10-20(15-27(23)34-35)5-3-8-25-13-12-21-7-4-14-31-30(21)33-25/h1-2,6,9-13,15-16,18-19,28H,3-5,7-8,14,17H2,(H,31,33)(H,36,37)/t28-/m0/s1. The van der Waals surface area contributed by atoms with Gasteiger partial charge < -0.3 is 10.4 Å². The van der Waals surface area contributed by atoms with Gasteiger partial charge in [-0.3, -0.25) is 14.5 Å². The molecule has 2 aromatic carbocycles. The summed E-state index contributed by atoms with van der Waals surface area (Å²) < 4.78 is 1.78. The molecule has 2 N–H and O–H groups in total. The maximum absolute atomic E-state index is 11.7. The molecule has 0 bridgehead atoms. The zero-order valence-corrected chi connectivity index (χ0v) is 20.6. The fraction of sp³-hybridized carbons (Fsp3) is 0.267. The Labute approximate surface area is 215 Å². The number of aromatic nitrogens is 4. The molecule has 3 aromatic heterocycles. The van der Waals surface area contributed by atoms with Gasteiger partial charge in [0.1, 0.15) is 5.82 Å². The molecule has 5 aromatic rings. The number of aliphatic carboxylic acids is 1. The maximum atomic E-state index is 11.7. The number of para-hydroxylation sites is 1. The van der Waals surface area contributed by atoms with Crippen LogP contribution in [0.1, 0.15) is 47.7 Å². The minimum absolute atomic E-state index is 0.0660. The van der Waals surface area contributed by atoms with Gasteiger partial charge in [-0.2, -0.15) is 5.10 Å². The zero-order chi connectivity index (χ0) is 25.2. The molecule has 186 valence electrons. The summed E-state index contributed by atoms with van der Waals surface area (Å²) in [5, 5.41) is 19.8. The molecule has 1 aliphatic rings. The molecule has 4 heterocycles. The van der Waals surface area contributed by atoms with Crippen LogP contribution in [0.5, 0.6) is 0 Å². The number of fused-ring (bicyclic) bond motifs is 3. The predicted molar refractivity (Wildman–Crippen MR) is 145 cm³/mol. The fourth-order valence-electron chi connectivity index (χ4n) is 5.18. The molecule has 0 radical (unpaired) electrons. The second kappa shape index (κ2) is 10.0. The normalized spacial score (nSPS) is 13.8. The molecule has 1 aliphatic heterocycles. The summed E-state index contributed by atoms with van der Waals surface area (Å²) in [6.07, 6.45) is 8.77. The van der Waals surface area contributed by atoms with Crippen molar-refractivity contribution < 1.29 is 9.90 Å². The highest BCUT2D eigenvalue weighted by atomic mass is 16.4. The van der Waals surface area contributed by atoms with Crippen LogP contribution in [0.15, 0.2) is 73.1 Å². The molecule has 0 aliphatic carbocycles. The highest BCUT2D eigenvalue weighted by Gasteiger charge is 2.20. The molecular formula is C30H29N5O2. The molecular weight excluding hydrogens is 462 g/mol. The molecule has 37 heavy (non-hydrogen) atoms. The predicted octanol–water partition coefficient (Wildman–Crippen LogP) is 5.58. The second-order valence-electron chi connectivity index (χ2n) is 9.77. The van der Waals surface area contributed by atoms with Crippen molar-refractivity contribution in [2.24, 2.45) is 0 Å². The van der Waals surface area contributed by atoms with Crippen molar-refractivity contribution in [1.82, 2.24) is 19.7 Å². The SMILES string of the molecule is O=C(O)C[C@@H](c1cnc2ccccc2c1)n1cc2ccc(CCCc3ccc4c(n3)NCCC4)cc2n1. The summed E-state index contributed by atoms with van der Waals surface area (Å²) in [6.45, 7) is 1.00. The molecule has 0 amide bonds. The number of carboxylic acid groups (broad SMARTS) is 1. The van der Waals surface area contributed by atoms with Crippen LogP contribution in [-0.2, 0) is 24.1 Å². The van der Waals surface area contributed by atoms with Crippen LogP contribution in [0.4, 0.5) is 5.82 Å². The number of hydrogen-bond donors (Lipinski definition) is 2.